The van der Waals surface area contributed by atoms with Crippen LogP contribution in [0, 0.1) is 5.92 Å². The van der Waals surface area contributed by atoms with Gasteiger partial charge in [-0.3, -0.25) is 4.99 Å². The van der Waals surface area contributed by atoms with Crippen LogP contribution in [-0.2, 0) is 6.61 Å². The van der Waals surface area contributed by atoms with E-state index in [1.54, 1.807) is 0 Å². The van der Waals surface area contributed by atoms with Crippen LogP contribution in [0.4, 0.5) is 11.4 Å². The number of nitrogens with one attached hydrogen (secondary N) is 1. The van der Waals surface area contributed by atoms with Gasteiger partial charge in [0.25, 0.3) is 0 Å². The first-order valence-electron chi connectivity index (χ1n) is 12.4. The van der Waals surface area contributed by atoms with Crippen molar-refractivity contribution in [2.75, 3.05) is 5.32 Å². The lowest BCUT2D eigenvalue weighted by molar-refractivity contribution is 0.306. The summed E-state index contributed by atoms with van der Waals surface area (Å²) in [6.07, 6.45) is 7.70. The van der Waals surface area contributed by atoms with E-state index in [0.717, 1.165) is 33.5 Å². The molecule has 0 spiro atoms. The Kier molecular flexibility index (Phi) is 6.44. The van der Waals surface area contributed by atoms with E-state index in [0.29, 0.717) is 24.5 Å². The van der Waals surface area contributed by atoms with Crippen molar-refractivity contribution in [2.24, 2.45) is 10.9 Å². The van der Waals surface area contributed by atoms with Crippen molar-refractivity contribution < 1.29 is 4.74 Å². The average Bonchev–Trinajstić information content (AvgIpc) is 3.42. The van der Waals surface area contributed by atoms with Gasteiger partial charge in [-0.05, 0) is 65.4 Å². The highest BCUT2D eigenvalue weighted by Crippen LogP contribution is 2.49. The molecule has 178 valence electrons. The van der Waals surface area contributed by atoms with Crippen LogP contribution < -0.4 is 10.1 Å². The summed E-state index contributed by atoms with van der Waals surface area (Å²) in [4.78, 5) is 4.76. The minimum absolute atomic E-state index is 0.293. The highest BCUT2D eigenvalue weighted by Gasteiger charge is 2.37. The van der Waals surface area contributed by atoms with Crippen LogP contribution in [0.25, 0.3) is 0 Å². The SMILES string of the molecule is Brc1ccc(OCc2ccccc2)c(C=Nc2ccc([C@@H]3Nc4ccccc4[C@H]4C=CC[C@@H]43)cc2)c1. The molecule has 36 heavy (non-hydrogen) atoms. The number of rotatable bonds is 6. The molecule has 1 heterocycles. The summed E-state index contributed by atoms with van der Waals surface area (Å²) >= 11 is 3.58. The number of hydrogen-bond acceptors (Lipinski definition) is 3. The minimum Gasteiger partial charge on any atom is -0.488 e. The Morgan fingerprint density at radius 2 is 1.72 bits per heavy atom. The predicted octanol–water partition coefficient (Wildman–Crippen LogP) is 8.61. The standard InChI is InChI=1S/C32H27BrN2O/c33-25-15-18-31(36-21-22-7-2-1-3-8-22)24(19-25)20-34-26-16-13-23(14-17-26)32-29-11-6-10-27(29)28-9-4-5-12-30(28)35-32/h1-10,12-20,27,29,32,35H,11,21H2/t27-,29+,32+/m1/s1. The number of benzene rings is 4. The number of ether oxygens (including phenoxy) is 1. The maximum atomic E-state index is 6.11. The molecule has 3 atom stereocenters. The first kappa shape index (κ1) is 22.8. The van der Waals surface area contributed by atoms with Crippen LogP contribution in [0.3, 0.4) is 0 Å². The normalized spacial score (nSPS) is 20.1. The maximum Gasteiger partial charge on any atom is 0.128 e. The number of anilines is 1. The van der Waals surface area contributed by atoms with Crippen molar-refractivity contribution in [1.29, 1.82) is 0 Å². The van der Waals surface area contributed by atoms with Gasteiger partial charge in [-0.1, -0.05) is 88.7 Å². The Balaban J connectivity index is 1.19. The fraction of sp³-hybridized carbons (Fsp3) is 0.156. The monoisotopic (exact) mass is 534 g/mol. The van der Waals surface area contributed by atoms with Gasteiger partial charge in [0.05, 0.1) is 11.7 Å². The second kappa shape index (κ2) is 10.2. The molecule has 0 radical (unpaired) electrons. The first-order valence-corrected chi connectivity index (χ1v) is 13.2. The molecule has 4 heteroatoms. The van der Waals surface area contributed by atoms with Gasteiger partial charge < -0.3 is 10.1 Å². The molecular weight excluding hydrogens is 508 g/mol. The summed E-state index contributed by atoms with van der Waals surface area (Å²) in [5.41, 5.74) is 6.96. The third-order valence-corrected chi connectivity index (χ3v) is 7.58. The molecule has 4 aromatic rings. The molecule has 0 saturated carbocycles. The van der Waals surface area contributed by atoms with Gasteiger partial charge in [0.15, 0.2) is 0 Å². The van der Waals surface area contributed by atoms with Crippen molar-refractivity contribution in [2.45, 2.75) is 25.0 Å². The topological polar surface area (TPSA) is 33.6 Å². The van der Waals surface area contributed by atoms with Gasteiger partial charge in [0, 0.05) is 27.9 Å². The summed E-state index contributed by atoms with van der Waals surface area (Å²) in [7, 11) is 0. The van der Waals surface area contributed by atoms with Crippen LogP contribution in [0.1, 0.15) is 40.6 Å². The van der Waals surface area contributed by atoms with Crippen LogP contribution in [0.5, 0.6) is 5.75 Å². The van der Waals surface area contributed by atoms with Crippen LogP contribution >= 0.6 is 15.9 Å². The lowest BCUT2D eigenvalue weighted by Crippen LogP contribution is -2.28. The first-order chi connectivity index (χ1) is 17.7. The molecule has 1 N–H and O–H groups in total. The van der Waals surface area contributed by atoms with Gasteiger partial charge >= 0.3 is 0 Å². The van der Waals surface area contributed by atoms with Crippen molar-refractivity contribution in [3.05, 3.63) is 136 Å². The van der Waals surface area contributed by atoms with Crippen molar-refractivity contribution in [3.63, 3.8) is 0 Å². The van der Waals surface area contributed by atoms with Crippen LogP contribution in [0.15, 0.2) is 119 Å². The summed E-state index contributed by atoms with van der Waals surface area (Å²) in [5.74, 6) is 1.84. The van der Waals surface area contributed by atoms with E-state index < -0.39 is 0 Å². The highest BCUT2D eigenvalue weighted by molar-refractivity contribution is 9.10. The quantitative estimate of drug-likeness (QED) is 0.198. The van der Waals surface area contributed by atoms with Crippen molar-refractivity contribution in [1.82, 2.24) is 0 Å². The van der Waals surface area contributed by atoms with Crippen LogP contribution in [-0.4, -0.2) is 6.21 Å². The Morgan fingerprint density at radius 3 is 2.58 bits per heavy atom. The zero-order valence-corrected chi connectivity index (χ0v) is 21.4. The Hall–Kier alpha value is -3.63. The number of aliphatic imine (C=N–C) groups is 1. The average molecular weight is 535 g/mol. The minimum atomic E-state index is 0.293. The van der Waals surface area contributed by atoms with E-state index in [-0.39, 0.29) is 0 Å². The molecule has 1 aliphatic carbocycles. The van der Waals surface area contributed by atoms with Gasteiger partial charge in [-0.15, -0.1) is 0 Å². The largest absolute Gasteiger partial charge is 0.488 e. The highest BCUT2D eigenvalue weighted by atomic mass is 79.9. The van der Waals surface area contributed by atoms with E-state index in [1.807, 2.05) is 42.6 Å². The summed E-state index contributed by atoms with van der Waals surface area (Å²) < 4.78 is 7.10. The Bertz CT molecular complexity index is 1410. The van der Waals surface area contributed by atoms with E-state index in [4.69, 9.17) is 9.73 Å². The summed E-state index contributed by atoms with van der Waals surface area (Å²) in [5, 5.41) is 3.80. The molecule has 0 amide bonds. The van der Waals surface area contributed by atoms with E-state index >= 15 is 0 Å². The number of nitrogens with zero attached hydrogens (tertiary/aromatic N) is 1. The molecule has 0 saturated heterocycles. The number of halogens is 1. The molecular formula is C32H27BrN2O. The number of hydrogen-bond donors (Lipinski definition) is 1. The molecule has 3 nitrogen and oxygen atoms in total. The van der Waals surface area contributed by atoms with Gasteiger partial charge in [0.1, 0.15) is 12.4 Å². The molecule has 4 aromatic carbocycles. The molecule has 0 unspecified atom stereocenters. The molecule has 0 fully saturated rings. The maximum absolute atomic E-state index is 6.11. The van der Waals surface area contributed by atoms with Crippen molar-refractivity contribution in [3.8, 4) is 5.75 Å². The van der Waals surface area contributed by atoms with Gasteiger partial charge in [-0.2, -0.15) is 0 Å². The lowest BCUT2D eigenvalue weighted by atomic mass is 9.77. The van der Waals surface area contributed by atoms with E-state index in [1.165, 1.54) is 16.8 Å². The number of para-hydroxylation sites is 1. The Morgan fingerprint density at radius 1 is 0.917 bits per heavy atom. The smallest absolute Gasteiger partial charge is 0.128 e. The molecule has 1 aliphatic heterocycles. The molecule has 0 aromatic heterocycles. The lowest BCUT2D eigenvalue weighted by Gasteiger charge is -2.37. The molecule has 2 aliphatic rings. The summed E-state index contributed by atoms with van der Waals surface area (Å²) in [6, 6.07) is 33.8. The third-order valence-electron chi connectivity index (χ3n) is 7.09. The van der Waals surface area contributed by atoms with E-state index in [9.17, 15) is 0 Å². The molecule has 0 bridgehead atoms. The number of allylic oxidation sites excluding steroid dienone is 2. The third kappa shape index (κ3) is 4.74. The van der Waals surface area contributed by atoms with Gasteiger partial charge in [0.2, 0.25) is 0 Å². The predicted molar refractivity (Wildman–Crippen MR) is 151 cm³/mol. The molecule has 6 rings (SSSR count). The zero-order chi connectivity index (χ0) is 24.3. The summed E-state index contributed by atoms with van der Waals surface area (Å²) in [6.45, 7) is 0.520. The van der Waals surface area contributed by atoms with E-state index in [2.05, 4.69) is 94.1 Å². The fourth-order valence-electron chi connectivity index (χ4n) is 5.27. The fourth-order valence-corrected chi connectivity index (χ4v) is 5.65. The second-order valence-corrected chi connectivity index (χ2v) is 10.3. The van der Waals surface area contributed by atoms with Gasteiger partial charge in [-0.25, -0.2) is 0 Å². The number of fused-ring (bicyclic) bond motifs is 3. The van der Waals surface area contributed by atoms with Crippen molar-refractivity contribution >= 4 is 33.5 Å². The second-order valence-electron chi connectivity index (χ2n) is 9.37. The zero-order valence-electron chi connectivity index (χ0n) is 19.8. The van der Waals surface area contributed by atoms with Crippen LogP contribution in [0.2, 0.25) is 0 Å². The Labute approximate surface area is 220 Å².